The Bertz CT molecular complexity index is 1210. The van der Waals surface area contributed by atoms with Crippen LogP contribution in [0.4, 0.5) is 0 Å². The van der Waals surface area contributed by atoms with Crippen molar-refractivity contribution >= 4 is 17.5 Å². The van der Waals surface area contributed by atoms with Gasteiger partial charge in [-0.15, -0.1) is 0 Å². The molecular formula is C24H18ClN3O. The number of imidazole rings is 1. The van der Waals surface area contributed by atoms with E-state index in [1.807, 2.05) is 73.2 Å². The lowest BCUT2D eigenvalue weighted by Gasteiger charge is -2.16. The molecule has 0 saturated carbocycles. The number of aromatic nitrogens is 2. The number of carbonyl (C=O) groups excluding carboxylic acids is 1. The molecule has 0 aliphatic carbocycles. The van der Waals surface area contributed by atoms with Crippen LogP contribution in [0.15, 0.2) is 85.3 Å². The molecule has 142 valence electrons. The molecule has 1 N–H and O–H groups in total. The first-order valence-corrected chi connectivity index (χ1v) is 9.84. The topological polar surface area (TPSA) is 46.9 Å². The average molecular weight is 400 g/mol. The molecule has 29 heavy (non-hydrogen) atoms. The van der Waals surface area contributed by atoms with Gasteiger partial charge in [0.2, 0.25) is 0 Å². The van der Waals surface area contributed by atoms with Gasteiger partial charge in [0, 0.05) is 22.7 Å². The molecular weight excluding hydrogens is 382 g/mol. The third kappa shape index (κ3) is 3.22. The van der Waals surface area contributed by atoms with Gasteiger partial charge in [0.15, 0.2) is 0 Å². The molecule has 0 spiro atoms. The van der Waals surface area contributed by atoms with Crippen molar-refractivity contribution < 1.29 is 4.79 Å². The lowest BCUT2D eigenvalue weighted by Crippen LogP contribution is -2.30. The minimum Gasteiger partial charge on any atom is -0.350 e. The summed E-state index contributed by atoms with van der Waals surface area (Å²) in [5.41, 5.74) is 6.04. The third-order valence-electron chi connectivity index (χ3n) is 5.34. The molecule has 0 bridgehead atoms. The molecule has 1 aliphatic heterocycles. The van der Waals surface area contributed by atoms with Crippen LogP contribution in [0.25, 0.3) is 22.4 Å². The van der Waals surface area contributed by atoms with E-state index >= 15 is 0 Å². The number of nitrogens with one attached hydrogen (secondary N) is 1. The van der Waals surface area contributed by atoms with Gasteiger partial charge in [0.1, 0.15) is 0 Å². The van der Waals surface area contributed by atoms with Crippen molar-refractivity contribution in [1.82, 2.24) is 14.9 Å². The van der Waals surface area contributed by atoms with Crippen molar-refractivity contribution in [3.8, 4) is 22.4 Å². The fourth-order valence-corrected chi connectivity index (χ4v) is 4.13. The molecule has 1 aromatic heterocycles. The van der Waals surface area contributed by atoms with Crippen LogP contribution in [0.1, 0.15) is 22.0 Å². The Morgan fingerprint density at radius 1 is 1.00 bits per heavy atom. The lowest BCUT2D eigenvalue weighted by molar-refractivity contribution is 0.0950. The second-order valence-electron chi connectivity index (χ2n) is 7.09. The van der Waals surface area contributed by atoms with Gasteiger partial charge in [-0.25, -0.2) is 4.98 Å². The highest BCUT2D eigenvalue weighted by Gasteiger charge is 2.28. The van der Waals surface area contributed by atoms with Gasteiger partial charge >= 0.3 is 0 Å². The summed E-state index contributed by atoms with van der Waals surface area (Å²) in [6, 6.07) is 23.5. The van der Waals surface area contributed by atoms with E-state index in [1.54, 1.807) is 0 Å². The number of benzene rings is 3. The van der Waals surface area contributed by atoms with E-state index in [2.05, 4.69) is 27.0 Å². The van der Waals surface area contributed by atoms with Crippen molar-refractivity contribution in [1.29, 1.82) is 0 Å². The lowest BCUT2D eigenvalue weighted by atomic mass is 10.0. The van der Waals surface area contributed by atoms with E-state index in [0.29, 0.717) is 17.1 Å². The Morgan fingerprint density at radius 2 is 1.79 bits per heavy atom. The molecule has 0 saturated heterocycles. The Morgan fingerprint density at radius 3 is 2.66 bits per heavy atom. The summed E-state index contributed by atoms with van der Waals surface area (Å²) in [5, 5.41) is 3.76. The first-order valence-electron chi connectivity index (χ1n) is 9.46. The minimum absolute atomic E-state index is 0.0452. The number of rotatable bonds is 4. The van der Waals surface area contributed by atoms with Crippen LogP contribution in [-0.4, -0.2) is 22.0 Å². The van der Waals surface area contributed by atoms with Crippen LogP contribution < -0.4 is 5.32 Å². The van der Waals surface area contributed by atoms with E-state index in [4.69, 9.17) is 11.6 Å². The fraction of sp³-hybridized carbons (Fsp3) is 0.0833. The fourth-order valence-electron chi connectivity index (χ4n) is 3.94. The van der Waals surface area contributed by atoms with Gasteiger partial charge in [-0.3, -0.25) is 4.79 Å². The average Bonchev–Trinajstić information content (AvgIpc) is 3.34. The van der Waals surface area contributed by atoms with Gasteiger partial charge < -0.3 is 9.88 Å². The van der Waals surface area contributed by atoms with Crippen LogP contribution in [0.2, 0.25) is 5.02 Å². The summed E-state index contributed by atoms with van der Waals surface area (Å²) in [7, 11) is 0. The number of amides is 1. The number of hydrogen-bond acceptors (Lipinski definition) is 2. The largest absolute Gasteiger partial charge is 0.350 e. The van der Waals surface area contributed by atoms with E-state index in [9.17, 15) is 4.79 Å². The zero-order valence-electron chi connectivity index (χ0n) is 15.5. The van der Waals surface area contributed by atoms with Gasteiger partial charge in [-0.1, -0.05) is 60.1 Å². The normalized spacial score (nSPS) is 14.3. The van der Waals surface area contributed by atoms with Crippen molar-refractivity contribution in [2.45, 2.75) is 6.04 Å². The predicted molar refractivity (Wildman–Crippen MR) is 115 cm³/mol. The van der Waals surface area contributed by atoms with Gasteiger partial charge in [0.25, 0.3) is 5.91 Å². The van der Waals surface area contributed by atoms with E-state index in [-0.39, 0.29) is 11.9 Å². The molecule has 1 atom stereocenters. The highest BCUT2D eigenvalue weighted by Crippen LogP contribution is 2.38. The van der Waals surface area contributed by atoms with Crippen LogP contribution >= 0.6 is 11.6 Å². The number of nitrogens with zero attached hydrogens (tertiary/aromatic N) is 2. The summed E-state index contributed by atoms with van der Waals surface area (Å²) in [4.78, 5) is 17.1. The Labute approximate surface area is 173 Å². The van der Waals surface area contributed by atoms with Crippen molar-refractivity contribution in [2.75, 3.05) is 6.54 Å². The summed E-state index contributed by atoms with van der Waals surface area (Å²) in [5.74, 6) is -0.0973. The monoisotopic (exact) mass is 399 g/mol. The molecule has 0 fully saturated rings. The highest BCUT2D eigenvalue weighted by molar-refractivity contribution is 6.30. The van der Waals surface area contributed by atoms with Crippen molar-refractivity contribution in [2.24, 2.45) is 0 Å². The first-order chi connectivity index (χ1) is 14.2. The smallest absolute Gasteiger partial charge is 0.251 e. The number of hydrogen-bond donors (Lipinski definition) is 1. The zero-order valence-corrected chi connectivity index (χ0v) is 16.3. The summed E-state index contributed by atoms with van der Waals surface area (Å²) in [6.07, 6.45) is 3.70. The maximum Gasteiger partial charge on any atom is 0.251 e. The molecule has 0 unspecified atom stereocenters. The number of halogens is 1. The molecule has 3 aromatic carbocycles. The Balaban J connectivity index is 1.36. The highest BCUT2D eigenvalue weighted by atomic mass is 35.5. The molecule has 1 aliphatic rings. The van der Waals surface area contributed by atoms with Crippen LogP contribution in [0, 0.1) is 0 Å². The molecule has 0 radical (unpaired) electrons. The maximum atomic E-state index is 12.9. The van der Waals surface area contributed by atoms with E-state index < -0.39 is 0 Å². The first kappa shape index (κ1) is 17.7. The second-order valence-corrected chi connectivity index (χ2v) is 7.53. The standard InChI is InChI=1S/C24H18ClN3O/c25-19-8-4-6-17(12-19)16-5-3-7-18(11-16)24(29)27-14-23-21-10-2-1-9-20(21)22-13-26-15-28(22)23/h1-13,15,23H,14H2,(H,27,29)/t23-/m1/s1. The molecule has 2 heterocycles. The number of fused-ring (bicyclic) bond motifs is 3. The van der Waals surface area contributed by atoms with Crippen molar-refractivity contribution in [3.63, 3.8) is 0 Å². The van der Waals surface area contributed by atoms with Gasteiger partial charge in [0.05, 0.1) is 24.3 Å². The van der Waals surface area contributed by atoms with E-state index in [0.717, 1.165) is 16.8 Å². The van der Waals surface area contributed by atoms with E-state index in [1.165, 1.54) is 11.1 Å². The molecule has 1 amide bonds. The molecule has 4 nitrogen and oxygen atoms in total. The SMILES string of the molecule is O=C(NC[C@@H]1c2ccccc2-c2cncn21)c1cccc(-c2cccc(Cl)c2)c1. The molecule has 5 rings (SSSR count). The molecule has 4 aromatic rings. The third-order valence-corrected chi connectivity index (χ3v) is 5.57. The summed E-state index contributed by atoms with van der Waals surface area (Å²) in [6.45, 7) is 0.501. The minimum atomic E-state index is -0.0973. The summed E-state index contributed by atoms with van der Waals surface area (Å²) >= 11 is 6.11. The van der Waals surface area contributed by atoms with Gasteiger partial charge in [-0.05, 0) is 41.0 Å². The summed E-state index contributed by atoms with van der Waals surface area (Å²) < 4.78 is 2.12. The Hall–Kier alpha value is -3.37. The number of carbonyl (C=O) groups is 1. The molecule has 5 heteroatoms. The van der Waals surface area contributed by atoms with Crippen LogP contribution in [0.5, 0.6) is 0 Å². The van der Waals surface area contributed by atoms with Crippen LogP contribution in [-0.2, 0) is 0 Å². The Kier molecular flexibility index (Phi) is 4.41. The van der Waals surface area contributed by atoms with Crippen LogP contribution in [0.3, 0.4) is 0 Å². The van der Waals surface area contributed by atoms with Gasteiger partial charge in [-0.2, -0.15) is 0 Å². The second kappa shape index (κ2) is 7.22. The van der Waals surface area contributed by atoms with Crippen molar-refractivity contribution in [3.05, 3.63) is 101 Å². The predicted octanol–water partition coefficient (Wildman–Crippen LogP) is 5.20. The maximum absolute atomic E-state index is 12.9. The zero-order chi connectivity index (χ0) is 19.8. The quantitative estimate of drug-likeness (QED) is 0.512.